The summed E-state index contributed by atoms with van der Waals surface area (Å²) in [6.07, 6.45) is 1.59. The van der Waals surface area contributed by atoms with Crippen molar-refractivity contribution in [2.45, 2.75) is 36.3 Å². The lowest BCUT2D eigenvalue weighted by Crippen LogP contribution is -2.38. The number of thioether (sulfide) groups is 1. The Morgan fingerprint density at radius 3 is 2.62 bits per heavy atom. The van der Waals surface area contributed by atoms with E-state index in [1.54, 1.807) is 11.8 Å². The van der Waals surface area contributed by atoms with Crippen molar-refractivity contribution in [1.82, 2.24) is 15.0 Å². The van der Waals surface area contributed by atoms with Gasteiger partial charge < -0.3 is 13.8 Å². The second kappa shape index (κ2) is 9.00. The van der Waals surface area contributed by atoms with Crippen LogP contribution < -0.4 is 0 Å². The third kappa shape index (κ3) is 4.27. The molecule has 0 atom stereocenters. The number of halogens is 1. The number of carbonyl (C=O) groups excluding carboxylic acids is 1. The molecule has 0 aliphatic carbocycles. The van der Waals surface area contributed by atoms with E-state index in [9.17, 15) is 4.79 Å². The van der Waals surface area contributed by atoms with Crippen molar-refractivity contribution in [2.75, 3.05) is 13.1 Å². The van der Waals surface area contributed by atoms with E-state index in [0.717, 1.165) is 34.3 Å². The average Bonchev–Trinajstić information content (AvgIpc) is 3.42. The van der Waals surface area contributed by atoms with Gasteiger partial charge in [-0.1, -0.05) is 35.0 Å². The van der Waals surface area contributed by atoms with Crippen LogP contribution in [-0.4, -0.2) is 34.0 Å². The largest absolute Gasteiger partial charge is 0.451 e. The summed E-state index contributed by atoms with van der Waals surface area (Å²) in [7, 11) is 0. The monoisotopic (exact) mass is 467 g/mol. The fourth-order valence-corrected chi connectivity index (χ4v) is 5.11. The maximum Gasteiger partial charge on any atom is 0.289 e. The summed E-state index contributed by atoms with van der Waals surface area (Å²) < 4.78 is 11.4. The van der Waals surface area contributed by atoms with Gasteiger partial charge in [0.1, 0.15) is 5.58 Å². The molecule has 0 N–H and O–H groups in total. The zero-order valence-corrected chi connectivity index (χ0v) is 19.2. The van der Waals surface area contributed by atoms with Gasteiger partial charge >= 0.3 is 0 Å². The summed E-state index contributed by atoms with van der Waals surface area (Å²) in [4.78, 5) is 20.8. The Kier molecular flexibility index (Phi) is 5.93. The highest BCUT2D eigenvalue weighted by atomic mass is 35.5. The van der Waals surface area contributed by atoms with Gasteiger partial charge in [0, 0.05) is 45.6 Å². The molecule has 0 spiro atoms. The summed E-state index contributed by atoms with van der Waals surface area (Å²) in [6.45, 7) is 3.08. The van der Waals surface area contributed by atoms with Crippen LogP contribution in [0, 0.1) is 6.92 Å². The lowest BCUT2D eigenvalue weighted by Gasteiger charge is -2.30. The highest BCUT2D eigenvalue weighted by molar-refractivity contribution is 7.98. The van der Waals surface area contributed by atoms with E-state index >= 15 is 0 Å². The van der Waals surface area contributed by atoms with Crippen LogP contribution in [0.2, 0.25) is 5.02 Å². The molecule has 2 aromatic carbocycles. The summed E-state index contributed by atoms with van der Waals surface area (Å²) in [5.41, 5.74) is 1.67. The first kappa shape index (κ1) is 21.1. The quantitative estimate of drug-likeness (QED) is 0.331. The Morgan fingerprint density at radius 1 is 1.16 bits per heavy atom. The first-order chi connectivity index (χ1) is 15.6. The smallest absolute Gasteiger partial charge is 0.289 e. The molecule has 1 aliphatic heterocycles. The Hall–Kier alpha value is -2.77. The highest BCUT2D eigenvalue weighted by Crippen LogP contribution is 2.34. The van der Waals surface area contributed by atoms with Crippen LogP contribution in [0.1, 0.15) is 46.6 Å². The van der Waals surface area contributed by atoms with Gasteiger partial charge in [-0.15, -0.1) is 11.8 Å². The maximum absolute atomic E-state index is 13.4. The molecule has 5 rings (SSSR count). The van der Waals surface area contributed by atoms with E-state index in [2.05, 4.69) is 10.1 Å². The van der Waals surface area contributed by atoms with E-state index < -0.39 is 0 Å². The molecule has 164 valence electrons. The zero-order chi connectivity index (χ0) is 22.1. The number of aryl methyl sites for hydroxylation is 1. The van der Waals surface area contributed by atoms with Gasteiger partial charge in [0.25, 0.3) is 5.91 Å². The minimum absolute atomic E-state index is 0.0620. The molecule has 0 bridgehead atoms. The van der Waals surface area contributed by atoms with Crippen molar-refractivity contribution in [3.63, 3.8) is 0 Å². The van der Waals surface area contributed by atoms with Crippen molar-refractivity contribution in [1.29, 1.82) is 0 Å². The molecule has 0 unspecified atom stereocenters. The molecule has 6 nitrogen and oxygen atoms in total. The summed E-state index contributed by atoms with van der Waals surface area (Å²) >= 11 is 7.67. The SMILES string of the molecule is Cc1noc(C2CCN(C(=O)c3oc4ccccc4c3CSc3ccc(Cl)cc3)CC2)n1. The van der Waals surface area contributed by atoms with Crippen molar-refractivity contribution in [2.24, 2.45) is 0 Å². The van der Waals surface area contributed by atoms with Gasteiger partial charge in [0.2, 0.25) is 5.89 Å². The van der Waals surface area contributed by atoms with Crippen LogP contribution in [0.5, 0.6) is 0 Å². The second-order valence-corrected chi connectivity index (χ2v) is 9.38. The maximum atomic E-state index is 13.4. The average molecular weight is 468 g/mol. The number of hydrogen-bond acceptors (Lipinski definition) is 6. The standard InChI is InChI=1S/C24H22ClN3O3S/c1-15-26-23(31-27-15)16-10-12-28(13-11-16)24(29)22-20(19-4-2-3-5-21(19)30-22)14-32-18-8-6-17(25)7-9-18/h2-9,16H,10-14H2,1H3. The summed E-state index contributed by atoms with van der Waals surface area (Å²) in [6, 6.07) is 15.5. The van der Waals surface area contributed by atoms with E-state index in [1.165, 1.54) is 0 Å². The van der Waals surface area contributed by atoms with Crippen LogP contribution in [-0.2, 0) is 5.75 Å². The van der Waals surface area contributed by atoms with Crippen LogP contribution in [0.25, 0.3) is 11.0 Å². The van der Waals surface area contributed by atoms with Gasteiger partial charge in [0.05, 0.1) is 0 Å². The molecule has 0 saturated carbocycles. The minimum atomic E-state index is -0.0620. The molecule has 3 heterocycles. The number of furan rings is 1. The van der Waals surface area contributed by atoms with Gasteiger partial charge in [-0.05, 0) is 50.1 Å². The Morgan fingerprint density at radius 2 is 1.91 bits per heavy atom. The molecule has 0 radical (unpaired) electrons. The van der Waals surface area contributed by atoms with Crippen LogP contribution in [0.15, 0.2) is 62.4 Å². The Balaban J connectivity index is 1.35. The third-order valence-electron chi connectivity index (χ3n) is 5.76. The lowest BCUT2D eigenvalue weighted by molar-refractivity contribution is 0.0673. The topological polar surface area (TPSA) is 72.4 Å². The van der Waals surface area contributed by atoms with E-state index in [4.69, 9.17) is 20.5 Å². The second-order valence-electron chi connectivity index (χ2n) is 7.89. The third-order valence-corrected chi connectivity index (χ3v) is 7.05. The fourth-order valence-electron chi connectivity index (χ4n) is 4.05. The van der Waals surface area contributed by atoms with Gasteiger partial charge in [0.15, 0.2) is 11.6 Å². The first-order valence-electron chi connectivity index (χ1n) is 10.6. The van der Waals surface area contributed by atoms with Crippen molar-refractivity contribution in [3.05, 3.63) is 76.6 Å². The van der Waals surface area contributed by atoms with Crippen LogP contribution in [0.4, 0.5) is 0 Å². The predicted molar refractivity (Wildman–Crippen MR) is 124 cm³/mol. The Bertz CT molecular complexity index is 1240. The predicted octanol–water partition coefficient (Wildman–Crippen LogP) is 6.09. The summed E-state index contributed by atoms with van der Waals surface area (Å²) in [5.74, 6) is 2.50. The number of nitrogens with zero attached hydrogens (tertiary/aromatic N) is 3. The van der Waals surface area contributed by atoms with Gasteiger partial charge in [-0.25, -0.2) is 0 Å². The molecule has 1 aliphatic rings. The van der Waals surface area contributed by atoms with Crippen molar-refractivity contribution in [3.8, 4) is 0 Å². The molecule has 1 fully saturated rings. The molecule has 32 heavy (non-hydrogen) atoms. The van der Waals surface area contributed by atoms with Gasteiger partial charge in [-0.2, -0.15) is 4.98 Å². The zero-order valence-electron chi connectivity index (χ0n) is 17.6. The first-order valence-corrected chi connectivity index (χ1v) is 11.9. The molecular weight excluding hydrogens is 446 g/mol. The Labute approximate surface area is 194 Å². The minimum Gasteiger partial charge on any atom is -0.451 e. The number of aromatic nitrogens is 2. The number of likely N-dealkylation sites (tertiary alicyclic amines) is 1. The number of hydrogen-bond donors (Lipinski definition) is 0. The van der Waals surface area contributed by atoms with E-state index in [0.29, 0.717) is 41.3 Å². The number of benzene rings is 2. The van der Waals surface area contributed by atoms with Gasteiger partial charge in [-0.3, -0.25) is 4.79 Å². The van der Waals surface area contributed by atoms with Crippen LogP contribution in [0.3, 0.4) is 0 Å². The molecule has 1 amide bonds. The number of amides is 1. The summed E-state index contributed by atoms with van der Waals surface area (Å²) in [5, 5.41) is 5.58. The van der Waals surface area contributed by atoms with Crippen molar-refractivity contribution < 1.29 is 13.7 Å². The normalized spacial score (nSPS) is 14.9. The number of rotatable bonds is 5. The number of carbonyl (C=O) groups is 1. The van der Waals surface area contributed by atoms with Crippen LogP contribution >= 0.6 is 23.4 Å². The number of fused-ring (bicyclic) bond motifs is 1. The number of piperidine rings is 1. The molecule has 4 aromatic rings. The fraction of sp³-hybridized carbons (Fsp3) is 0.292. The molecule has 1 saturated heterocycles. The van der Waals surface area contributed by atoms with E-state index in [-0.39, 0.29) is 11.8 Å². The van der Waals surface area contributed by atoms with Crippen molar-refractivity contribution >= 4 is 40.2 Å². The number of para-hydroxylation sites is 1. The molecule has 8 heteroatoms. The lowest BCUT2D eigenvalue weighted by atomic mass is 9.96. The molecular formula is C24H22ClN3O3S. The van der Waals surface area contributed by atoms with E-state index in [1.807, 2.05) is 60.4 Å². The highest BCUT2D eigenvalue weighted by Gasteiger charge is 2.31. The molecule has 2 aromatic heterocycles.